The van der Waals surface area contributed by atoms with Crippen LogP contribution < -0.4 is 76.9 Å². The van der Waals surface area contributed by atoms with Crippen LogP contribution in [0.3, 0.4) is 0 Å². The predicted molar refractivity (Wildman–Crippen MR) is 464 cm³/mol. The Morgan fingerprint density at radius 2 is 0.639 bits per heavy atom. The third kappa shape index (κ3) is 8.98. The van der Waals surface area contributed by atoms with Gasteiger partial charge in [0, 0.05) is 113 Å². The van der Waals surface area contributed by atoms with E-state index in [1.54, 1.807) is 35.8 Å². The summed E-state index contributed by atoms with van der Waals surface area (Å²) in [5.74, 6) is 3.39. The van der Waals surface area contributed by atoms with Gasteiger partial charge >= 0.3 is 0 Å². The van der Waals surface area contributed by atoms with Crippen molar-refractivity contribution >= 4 is 216 Å². The first-order valence-corrected chi connectivity index (χ1v) is 40.9. The number of ether oxygens (including phenoxy) is 2. The van der Waals surface area contributed by atoms with E-state index in [1.807, 2.05) is 0 Å². The maximum atomic E-state index is 7.29. The second kappa shape index (κ2) is 22.7. The van der Waals surface area contributed by atoms with Crippen molar-refractivity contribution in [3.05, 3.63) is 235 Å². The lowest BCUT2D eigenvalue weighted by atomic mass is 9.29. The molecule has 0 fully saturated rings. The molecule has 0 amide bonds. The summed E-state index contributed by atoms with van der Waals surface area (Å²) in [6.07, 6.45) is 6.68. The summed E-state index contributed by atoms with van der Waals surface area (Å²) in [5, 5.41) is 10.8. The van der Waals surface area contributed by atoms with E-state index in [-0.39, 0.29) is 36.4 Å². The summed E-state index contributed by atoms with van der Waals surface area (Å²) in [5.41, 5.74) is 34.4. The van der Waals surface area contributed by atoms with E-state index in [2.05, 4.69) is 318 Å². The quantitative estimate of drug-likeness (QED) is 0.127. The first-order valence-electron chi connectivity index (χ1n) is 37.4. The summed E-state index contributed by atoms with van der Waals surface area (Å²) >= 11 is 5.26. The van der Waals surface area contributed by atoms with Gasteiger partial charge in [0.15, 0.2) is 0 Å². The fraction of sp³-hybridized carbons (Fsp3) is 0.161. The number of hydrogen-bond acceptors (Lipinski definition) is 12. The molecule has 3 aromatic heterocycles. The summed E-state index contributed by atoms with van der Waals surface area (Å²) in [7, 11) is 0. The van der Waals surface area contributed by atoms with E-state index < -0.39 is 0 Å². The summed E-state index contributed by atoms with van der Waals surface area (Å²) in [6.45, 7) is 19.8. The van der Waals surface area contributed by atoms with Crippen molar-refractivity contribution in [2.75, 3.05) is 37.0 Å². The molecule has 13 aromatic carbocycles. The van der Waals surface area contributed by atoms with Crippen molar-refractivity contribution in [3.63, 3.8) is 0 Å². The molecule has 6 aliphatic rings. The van der Waals surface area contributed by atoms with Crippen LogP contribution in [0.4, 0.5) is 45.5 Å². The van der Waals surface area contributed by atoms with Gasteiger partial charge in [0.05, 0.1) is 17.1 Å². The van der Waals surface area contributed by atoms with Gasteiger partial charge in [0.1, 0.15) is 56.5 Å². The molecule has 0 bridgehead atoms. The minimum absolute atomic E-state index is 0.117. The van der Waals surface area contributed by atoms with Crippen LogP contribution in [0.1, 0.15) is 79.0 Å². The zero-order valence-electron chi connectivity index (χ0n) is 62.1. The minimum Gasteiger partial charge on any atom is -0.458 e. The fourth-order valence-corrected chi connectivity index (χ4v) is 21.2. The van der Waals surface area contributed by atoms with Crippen molar-refractivity contribution in [3.8, 4) is 56.4 Å². The largest absolute Gasteiger partial charge is 0.458 e. The molecule has 6 aliphatic heterocycles. The second-order valence-electron chi connectivity index (χ2n) is 33.0. The maximum absolute atomic E-state index is 7.29. The number of anilines is 8. The first-order chi connectivity index (χ1) is 52.3. The molecule has 16 aromatic rings. The second-order valence-corrected chi connectivity index (χ2v) is 35.2. The van der Waals surface area contributed by atoms with E-state index in [4.69, 9.17) is 22.7 Å². The van der Waals surface area contributed by atoms with Gasteiger partial charge in [0.2, 0.25) is 0 Å². The molecule has 0 saturated heterocycles. The molecule has 108 heavy (non-hydrogen) atoms. The Kier molecular flexibility index (Phi) is 13.6. The zero-order valence-corrected chi connectivity index (χ0v) is 64.6. The van der Waals surface area contributed by atoms with Gasteiger partial charge in [-0.25, -0.2) is 0 Å². The average Bonchev–Trinajstić information content (AvgIpc) is 1.31. The Morgan fingerprint density at radius 3 is 1.07 bits per heavy atom. The summed E-state index contributed by atoms with van der Waals surface area (Å²) in [4.78, 5) is 0. The van der Waals surface area contributed by atoms with E-state index in [0.29, 0.717) is 0 Å². The monoisotopic (exact) mass is 1450 g/mol. The van der Waals surface area contributed by atoms with Gasteiger partial charge in [-0.3, -0.25) is 12.9 Å². The predicted octanol–water partition coefficient (Wildman–Crippen LogP) is 20.3. The molecular weight excluding hydrogens is 1380 g/mol. The zero-order chi connectivity index (χ0) is 73.0. The standard InChI is InChI=1S/C93H73B3N4O5S3/c1-91(2,3)61-32-20-29-58-55-26-17-23-52(85(55)103-88(58)61)49-39-71-82-80(43-49)101-78-37-15-13-35-64(78)94(82)66-45-67-72(47-70(66)97-71)98(106-10)75-40-50(53-24-18-27-56-59-30-21-33-62(92(4,5)6)89(59)104-86(53)56)41-76-83(75)96(67)69-46-68-73(48-74(69)99(76)107-11)100(108-12)77-42-51(44-81-84(77)95(68)65-36-14-16-38-79(65)102-81)54-25-19-28-57-60-31-22-34-63(93(7,8)9)90(60)105-87(54)57/h13-48,97H,1-12H3. The molecular formula is C93H73B3N4O5S3. The minimum atomic E-state index is -0.224. The van der Waals surface area contributed by atoms with Gasteiger partial charge in [-0.2, -0.15) is 0 Å². The van der Waals surface area contributed by atoms with Crippen LogP contribution in [0.15, 0.2) is 232 Å². The van der Waals surface area contributed by atoms with Crippen LogP contribution in [0.2, 0.25) is 0 Å². The Labute approximate surface area is 641 Å². The molecule has 9 heterocycles. The van der Waals surface area contributed by atoms with Gasteiger partial charge in [-0.05, 0) is 179 Å². The highest BCUT2D eigenvalue weighted by Crippen LogP contribution is 2.52. The van der Waals surface area contributed by atoms with Gasteiger partial charge in [0.25, 0.3) is 20.1 Å². The number of furan rings is 3. The van der Waals surface area contributed by atoms with Crippen LogP contribution in [0.5, 0.6) is 23.0 Å². The summed E-state index contributed by atoms with van der Waals surface area (Å²) in [6, 6.07) is 81.3. The lowest BCUT2D eigenvalue weighted by Gasteiger charge is -2.45. The molecule has 9 nitrogen and oxygen atoms in total. The number of rotatable bonds is 6. The highest BCUT2D eigenvalue weighted by atomic mass is 32.2. The first kappa shape index (κ1) is 64.5. The van der Waals surface area contributed by atoms with E-state index in [9.17, 15) is 0 Å². The van der Waals surface area contributed by atoms with E-state index >= 15 is 0 Å². The Bertz CT molecular complexity index is 6710. The molecule has 0 spiro atoms. The Balaban J connectivity index is 0.775. The molecule has 522 valence electrons. The fourth-order valence-electron chi connectivity index (χ4n) is 19.1. The molecule has 0 aliphatic carbocycles. The third-order valence-electron chi connectivity index (χ3n) is 23.8. The topological polar surface area (TPSA) is 79.6 Å². The molecule has 22 rings (SSSR count). The number of hydrogen-bond donors (Lipinski definition) is 1. The van der Waals surface area contributed by atoms with E-state index in [1.165, 1.54) is 44.0 Å². The van der Waals surface area contributed by atoms with Crippen LogP contribution >= 0.6 is 35.8 Å². The SMILES string of the molecule is CSN1c2cc3c(cc2B2c4ccccc4Oc4cc(-c5cccc6c5oc5c(C(C)(C)C)cccc56)cc1c42)B1c2cc4c(cc2N(SC)c2cc(-c5cccc6c5oc5c(C(C)(C)C)cccc56)cc(c21)N3SC)Nc1cc(-c2cccc3c2oc2c(C(C)(C)C)cccc23)cc2c1B4c1ccccc1O2. The number of fused-ring (bicyclic) bond motifs is 21. The van der Waals surface area contributed by atoms with Gasteiger partial charge in [-0.1, -0.05) is 220 Å². The Hall–Kier alpha value is -10.7. The van der Waals surface area contributed by atoms with Gasteiger partial charge in [-0.15, -0.1) is 0 Å². The van der Waals surface area contributed by atoms with Crippen LogP contribution in [0, 0.1) is 0 Å². The highest BCUT2D eigenvalue weighted by Gasteiger charge is 2.50. The third-order valence-corrected chi connectivity index (χ3v) is 26.1. The van der Waals surface area contributed by atoms with Crippen molar-refractivity contribution in [2.24, 2.45) is 0 Å². The summed E-state index contributed by atoms with van der Waals surface area (Å²) < 4.78 is 43.5. The number of nitrogens with one attached hydrogen (secondary N) is 1. The number of para-hydroxylation sites is 8. The van der Waals surface area contributed by atoms with Crippen molar-refractivity contribution < 1.29 is 22.7 Å². The van der Waals surface area contributed by atoms with Gasteiger partial charge < -0.3 is 28.0 Å². The molecule has 15 heteroatoms. The maximum Gasteiger partial charge on any atom is 0.256 e. The van der Waals surface area contributed by atoms with Crippen LogP contribution in [-0.2, 0) is 16.2 Å². The Morgan fingerprint density at radius 1 is 0.287 bits per heavy atom. The van der Waals surface area contributed by atoms with Crippen molar-refractivity contribution in [1.29, 1.82) is 0 Å². The van der Waals surface area contributed by atoms with Crippen molar-refractivity contribution in [2.45, 2.75) is 78.6 Å². The van der Waals surface area contributed by atoms with E-state index in [0.717, 1.165) is 190 Å². The van der Waals surface area contributed by atoms with Crippen LogP contribution in [0.25, 0.3) is 99.2 Å². The molecule has 1 N–H and O–H groups in total. The molecule has 0 radical (unpaired) electrons. The lowest BCUT2D eigenvalue weighted by Crippen LogP contribution is -2.65. The number of nitrogens with zero attached hydrogens (tertiary/aromatic N) is 3. The normalized spacial score (nSPS) is 14.3. The lowest BCUT2D eigenvalue weighted by molar-refractivity contribution is 0.487. The molecule has 0 saturated carbocycles. The molecule has 0 atom stereocenters. The smallest absolute Gasteiger partial charge is 0.256 e. The highest BCUT2D eigenvalue weighted by molar-refractivity contribution is 8.01. The molecule has 0 unspecified atom stereocenters. The number of benzene rings is 13. The van der Waals surface area contributed by atoms with Crippen molar-refractivity contribution in [1.82, 2.24) is 0 Å². The average molecular weight is 1460 g/mol. The van der Waals surface area contributed by atoms with Crippen LogP contribution in [-0.4, -0.2) is 38.9 Å².